The van der Waals surface area contributed by atoms with Crippen LogP contribution in [0.25, 0.3) is 0 Å². The van der Waals surface area contributed by atoms with E-state index in [-0.39, 0.29) is 17.7 Å². The molecule has 5 heteroatoms. The molecule has 0 saturated carbocycles. The summed E-state index contributed by atoms with van der Waals surface area (Å²) in [4.78, 5) is 23.2. The highest BCUT2D eigenvalue weighted by molar-refractivity contribution is 5.87. The normalized spacial score (nSPS) is 26.6. The molecule has 1 heterocycles. The van der Waals surface area contributed by atoms with E-state index >= 15 is 0 Å². The van der Waals surface area contributed by atoms with Gasteiger partial charge in [-0.05, 0) is 32.2 Å². The van der Waals surface area contributed by atoms with Crippen molar-refractivity contribution in [2.24, 2.45) is 17.6 Å². The molecule has 4 N–H and O–H groups in total. The molecule has 17 heavy (non-hydrogen) atoms. The first-order valence-corrected chi connectivity index (χ1v) is 6.25. The first kappa shape index (κ1) is 14.0. The third kappa shape index (κ3) is 4.00. The fourth-order valence-corrected chi connectivity index (χ4v) is 2.21. The lowest BCUT2D eigenvalue weighted by molar-refractivity contribution is -0.131. The molecule has 1 aliphatic heterocycles. The van der Waals surface area contributed by atoms with Gasteiger partial charge in [-0.15, -0.1) is 0 Å². The van der Waals surface area contributed by atoms with Crippen LogP contribution in [-0.2, 0) is 9.59 Å². The number of hydrogen-bond acceptors (Lipinski definition) is 3. The Bertz CT molecular complexity index is 291. The maximum absolute atomic E-state index is 12.0. The largest absolute Gasteiger partial charge is 0.368 e. The number of hydrogen-bond donors (Lipinski definition) is 3. The van der Waals surface area contributed by atoms with Crippen LogP contribution in [0.5, 0.6) is 0 Å². The molecule has 0 spiro atoms. The SMILES string of the molecule is CC1CC(C(=O)NC(C(N)=O)C(C)C)CCN1. The zero-order valence-electron chi connectivity index (χ0n) is 10.8. The van der Waals surface area contributed by atoms with Crippen molar-refractivity contribution in [1.29, 1.82) is 0 Å². The molecule has 98 valence electrons. The number of rotatable bonds is 4. The molecule has 0 aromatic carbocycles. The van der Waals surface area contributed by atoms with Crippen molar-refractivity contribution in [2.75, 3.05) is 6.54 Å². The van der Waals surface area contributed by atoms with Gasteiger partial charge in [-0.2, -0.15) is 0 Å². The van der Waals surface area contributed by atoms with E-state index in [2.05, 4.69) is 17.6 Å². The van der Waals surface area contributed by atoms with Crippen LogP contribution in [0.3, 0.4) is 0 Å². The lowest BCUT2D eigenvalue weighted by Gasteiger charge is -2.29. The van der Waals surface area contributed by atoms with Crippen molar-refractivity contribution in [3.8, 4) is 0 Å². The minimum absolute atomic E-state index is 0.00755. The third-order valence-corrected chi connectivity index (χ3v) is 3.27. The molecule has 3 unspecified atom stereocenters. The highest BCUT2D eigenvalue weighted by atomic mass is 16.2. The Kier molecular flexibility index (Phi) is 4.93. The Morgan fingerprint density at radius 3 is 2.53 bits per heavy atom. The fourth-order valence-electron chi connectivity index (χ4n) is 2.21. The van der Waals surface area contributed by atoms with Gasteiger partial charge in [0, 0.05) is 12.0 Å². The van der Waals surface area contributed by atoms with Crippen LogP contribution in [-0.4, -0.2) is 30.4 Å². The molecule has 1 fully saturated rings. The van der Waals surface area contributed by atoms with E-state index in [1.165, 1.54) is 0 Å². The molecule has 3 atom stereocenters. The molecule has 1 aliphatic rings. The van der Waals surface area contributed by atoms with Gasteiger partial charge in [0.15, 0.2) is 0 Å². The van der Waals surface area contributed by atoms with Gasteiger partial charge in [0.05, 0.1) is 0 Å². The van der Waals surface area contributed by atoms with E-state index in [0.717, 1.165) is 19.4 Å². The first-order chi connectivity index (χ1) is 7.91. The number of carbonyl (C=O) groups excluding carboxylic acids is 2. The van der Waals surface area contributed by atoms with Crippen molar-refractivity contribution in [1.82, 2.24) is 10.6 Å². The molecule has 0 radical (unpaired) electrons. The summed E-state index contributed by atoms with van der Waals surface area (Å²) in [5.41, 5.74) is 5.28. The highest BCUT2D eigenvalue weighted by Crippen LogP contribution is 2.16. The number of piperidine rings is 1. The molecule has 2 amide bonds. The van der Waals surface area contributed by atoms with E-state index < -0.39 is 11.9 Å². The minimum Gasteiger partial charge on any atom is -0.368 e. The van der Waals surface area contributed by atoms with Gasteiger partial charge in [0.2, 0.25) is 11.8 Å². The Morgan fingerprint density at radius 1 is 1.41 bits per heavy atom. The summed E-state index contributed by atoms with van der Waals surface area (Å²) >= 11 is 0. The van der Waals surface area contributed by atoms with Gasteiger partial charge in [-0.1, -0.05) is 13.8 Å². The molecular formula is C12H23N3O2. The molecule has 0 bridgehead atoms. The Balaban J connectivity index is 2.54. The first-order valence-electron chi connectivity index (χ1n) is 6.25. The summed E-state index contributed by atoms with van der Waals surface area (Å²) in [6.07, 6.45) is 1.63. The number of nitrogens with one attached hydrogen (secondary N) is 2. The van der Waals surface area contributed by atoms with Crippen LogP contribution < -0.4 is 16.4 Å². The van der Waals surface area contributed by atoms with Crippen LogP contribution in [0.1, 0.15) is 33.6 Å². The van der Waals surface area contributed by atoms with Gasteiger partial charge in [0.25, 0.3) is 0 Å². The van der Waals surface area contributed by atoms with Gasteiger partial charge in [-0.3, -0.25) is 9.59 Å². The highest BCUT2D eigenvalue weighted by Gasteiger charge is 2.28. The van der Waals surface area contributed by atoms with Gasteiger partial charge in [0.1, 0.15) is 6.04 Å². The standard InChI is InChI=1S/C12H23N3O2/c1-7(2)10(11(13)16)15-12(17)9-4-5-14-8(3)6-9/h7-10,14H,4-6H2,1-3H3,(H2,13,16)(H,15,17). The van der Waals surface area contributed by atoms with Crippen LogP contribution >= 0.6 is 0 Å². The zero-order valence-corrected chi connectivity index (χ0v) is 10.8. The van der Waals surface area contributed by atoms with E-state index in [1.807, 2.05) is 13.8 Å². The lowest BCUT2D eigenvalue weighted by atomic mass is 9.91. The van der Waals surface area contributed by atoms with Crippen LogP contribution in [0.4, 0.5) is 0 Å². The van der Waals surface area contributed by atoms with Crippen LogP contribution in [0.2, 0.25) is 0 Å². The molecule has 0 aliphatic carbocycles. The van der Waals surface area contributed by atoms with Crippen molar-refractivity contribution >= 4 is 11.8 Å². The summed E-state index contributed by atoms with van der Waals surface area (Å²) in [6.45, 7) is 6.66. The molecular weight excluding hydrogens is 218 g/mol. The van der Waals surface area contributed by atoms with E-state index in [9.17, 15) is 9.59 Å². The minimum atomic E-state index is -0.562. The molecule has 1 rings (SSSR count). The second kappa shape index (κ2) is 6.00. The van der Waals surface area contributed by atoms with Gasteiger partial charge >= 0.3 is 0 Å². The Morgan fingerprint density at radius 2 is 2.06 bits per heavy atom. The average Bonchev–Trinajstić information content (AvgIpc) is 2.24. The molecule has 5 nitrogen and oxygen atoms in total. The number of primary amides is 1. The average molecular weight is 241 g/mol. The Labute approximate surface area is 103 Å². The van der Waals surface area contributed by atoms with Crippen LogP contribution in [0.15, 0.2) is 0 Å². The molecule has 1 saturated heterocycles. The van der Waals surface area contributed by atoms with Crippen molar-refractivity contribution in [3.63, 3.8) is 0 Å². The monoisotopic (exact) mass is 241 g/mol. The predicted octanol–water partition coefficient (Wildman–Crippen LogP) is 0.000600. The summed E-state index contributed by atoms with van der Waals surface area (Å²) < 4.78 is 0. The quantitative estimate of drug-likeness (QED) is 0.648. The topological polar surface area (TPSA) is 84.2 Å². The molecule has 0 aromatic rings. The van der Waals surface area contributed by atoms with Crippen LogP contribution in [0, 0.1) is 11.8 Å². The number of nitrogens with two attached hydrogens (primary N) is 1. The summed E-state index contributed by atoms with van der Waals surface area (Å²) in [5, 5.41) is 6.06. The van der Waals surface area contributed by atoms with E-state index in [0.29, 0.717) is 6.04 Å². The lowest BCUT2D eigenvalue weighted by Crippen LogP contribution is -2.51. The predicted molar refractivity (Wildman–Crippen MR) is 66.2 cm³/mol. The Hall–Kier alpha value is -1.10. The van der Waals surface area contributed by atoms with Crippen molar-refractivity contribution in [2.45, 2.75) is 45.7 Å². The maximum Gasteiger partial charge on any atom is 0.240 e. The smallest absolute Gasteiger partial charge is 0.240 e. The summed E-state index contributed by atoms with van der Waals surface area (Å²) in [5.74, 6) is -0.492. The van der Waals surface area contributed by atoms with Gasteiger partial charge in [-0.25, -0.2) is 0 Å². The van der Waals surface area contributed by atoms with Crippen molar-refractivity contribution in [3.05, 3.63) is 0 Å². The molecule has 0 aromatic heterocycles. The summed E-state index contributed by atoms with van der Waals surface area (Å²) in [7, 11) is 0. The second-order valence-electron chi connectivity index (χ2n) is 5.21. The van der Waals surface area contributed by atoms with Crippen molar-refractivity contribution < 1.29 is 9.59 Å². The fraction of sp³-hybridized carbons (Fsp3) is 0.833. The zero-order chi connectivity index (χ0) is 13.0. The van der Waals surface area contributed by atoms with E-state index in [4.69, 9.17) is 5.73 Å². The number of amides is 2. The maximum atomic E-state index is 12.0. The summed E-state index contributed by atoms with van der Waals surface area (Å²) in [6, 6.07) is -0.210. The third-order valence-electron chi connectivity index (χ3n) is 3.27. The second-order valence-corrected chi connectivity index (χ2v) is 5.21. The van der Waals surface area contributed by atoms with E-state index in [1.54, 1.807) is 0 Å². The van der Waals surface area contributed by atoms with Gasteiger partial charge < -0.3 is 16.4 Å². The number of carbonyl (C=O) groups is 2.